The second-order valence-electron chi connectivity index (χ2n) is 2.26. The maximum absolute atomic E-state index is 5.54. The van der Waals surface area contributed by atoms with Crippen LogP contribution in [-0.4, -0.2) is 18.1 Å². The lowest BCUT2D eigenvalue weighted by Gasteiger charge is -2.15. The number of aromatic nitrogens is 1. The standard InChI is InChI=1S/C8H11N3S/c1-3-5-11(4-2)8-10-6-7(9)12-8/h1,6H,4-5,9H2,2H3. The molecule has 0 radical (unpaired) electrons. The minimum atomic E-state index is 0.587. The van der Waals surface area contributed by atoms with Crippen molar-refractivity contribution < 1.29 is 0 Å². The van der Waals surface area contributed by atoms with E-state index in [1.165, 1.54) is 11.3 Å². The fourth-order valence-corrected chi connectivity index (χ4v) is 1.59. The van der Waals surface area contributed by atoms with Crippen LogP contribution in [0.1, 0.15) is 6.92 Å². The summed E-state index contributed by atoms with van der Waals surface area (Å²) in [5.41, 5.74) is 5.54. The van der Waals surface area contributed by atoms with Crippen LogP contribution in [0.3, 0.4) is 0 Å². The molecule has 0 spiro atoms. The summed E-state index contributed by atoms with van der Waals surface area (Å²) in [6.45, 7) is 3.48. The summed E-state index contributed by atoms with van der Waals surface area (Å²) in [5.74, 6) is 2.58. The van der Waals surface area contributed by atoms with E-state index in [1.807, 2.05) is 11.8 Å². The van der Waals surface area contributed by atoms with Crippen molar-refractivity contribution in [1.82, 2.24) is 4.98 Å². The Morgan fingerprint density at radius 1 is 1.83 bits per heavy atom. The number of anilines is 2. The minimum Gasteiger partial charge on any atom is -0.389 e. The van der Waals surface area contributed by atoms with Crippen molar-refractivity contribution in [2.75, 3.05) is 23.7 Å². The first-order valence-corrected chi connectivity index (χ1v) is 4.49. The van der Waals surface area contributed by atoms with E-state index >= 15 is 0 Å². The fourth-order valence-electron chi connectivity index (χ4n) is 0.848. The van der Waals surface area contributed by atoms with Crippen LogP contribution in [0.4, 0.5) is 10.1 Å². The first-order valence-electron chi connectivity index (χ1n) is 3.67. The third kappa shape index (κ3) is 1.89. The van der Waals surface area contributed by atoms with Crippen LogP contribution in [0.2, 0.25) is 0 Å². The van der Waals surface area contributed by atoms with Crippen molar-refractivity contribution >= 4 is 21.5 Å². The van der Waals surface area contributed by atoms with Gasteiger partial charge in [-0.2, -0.15) is 0 Å². The van der Waals surface area contributed by atoms with Crippen LogP contribution in [0, 0.1) is 12.3 Å². The lowest BCUT2D eigenvalue weighted by Crippen LogP contribution is -2.22. The molecule has 0 saturated heterocycles. The number of hydrogen-bond acceptors (Lipinski definition) is 4. The van der Waals surface area contributed by atoms with Gasteiger partial charge in [0, 0.05) is 6.54 Å². The number of terminal acetylenes is 1. The van der Waals surface area contributed by atoms with E-state index < -0.39 is 0 Å². The Kier molecular flexibility index (Phi) is 2.94. The molecular formula is C8H11N3S. The van der Waals surface area contributed by atoms with Gasteiger partial charge in [-0.25, -0.2) is 4.98 Å². The zero-order valence-corrected chi connectivity index (χ0v) is 7.77. The van der Waals surface area contributed by atoms with Crippen molar-refractivity contribution in [2.24, 2.45) is 0 Å². The molecule has 64 valence electrons. The molecule has 0 atom stereocenters. The van der Waals surface area contributed by atoms with E-state index in [1.54, 1.807) is 6.20 Å². The lowest BCUT2D eigenvalue weighted by molar-refractivity contribution is 0.910. The van der Waals surface area contributed by atoms with E-state index in [0.29, 0.717) is 6.54 Å². The van der Waals surface area contributed by atoms with Gasteiger partial charge in [-0.05, 0) is 6.92 Å². The van der Waals surface area contributed by atoms with Crippen molar-refractivity contribution in [3.05, 3.63) is 6.20 Å². The molecule has 0 aromatic carbocycles. The highest BCUT2D eigenvalue weighted by Gasteiger charge is 2.05. The highest BCUT2D eigenvalue weighted by atomic mass is 32.1. The monoisotopic (exact) mass is 181 g/mol. The number of nitrogen functional groups attached to an aromatic ring is 1. The number of nitrogens with zero attached hydrogens (tertiary/aromatic N) is 2. The quantitative estimate of drug-likeness (QED) is 0.712. The van der Waals surface area contributed by atoms with Crippen LogP contribution in [0.15, 0.2) is 6.20 Å². The van der Waals surface area contributed by atoms with Gasteiger partial charge in [0.05, 0.1) is 12.7 Å². The highest BCUT2D eigenvalue weighted by molar-refractivity contribution is 7.19. The van der Waals surface area contributed by atoms with Gasteiger partial charge in [-0.15, -0.1) is 6.42 Å². The predicted molar refractivity (Wildman–Crippen MR) is 53.2 cm³/mol. The largest absolute Gasteiger partial charge is 0.389 e. The topological polar surface area (TPSA) is 42.2 Å². The summed E-state index contributed by atoms with van der Waals surface area (Å²) >= 11 is 1.46. The zero-order valence-electron chi connectivity index (χ0n) is 6.95. The van der Waals surface area contributed by atoms with Gasteiger partial charge in [0.25, 0.3) is 0 Å². The molecule has 0 unspecified atom stereocenters. The average Bonchev–Trinajstić information content (AvgIpc) is 2.47. The Balaban J connectivity index is 2.74. The number of rotatable bonds is 3. The maximum atomic E-state index is 5.54. The summed E-state index contributed by atoms with van der Waals surface area (Å²) in [5, 5.41) is 1.62. The van der Waals surface area contributed by atoms with E-state index in [0.717, 1.165) is 16.7 Å². The van der Waals surface area contributed by atoms with E-state index in [-0.39, 0.29) is 0 Å². The van der Waals surface area contributed by atoms with Crippen LogP contribution >= 0.6 is 11.3 Å². The summed E-state index contributed by atoms with van der Waals surface area (Å²) in [4.78, 5) is 6.13. The average molecular weight is 181 g/mol. The molecular weight excluding hydrogens is 170 g/mol. The van der Waals surface area contributed by atoms with Gasteiger partial charge in [0.15, 0.2) is 5.13 Å². The molecule has 0 aliphatic rings. The van der Waals surface area contributed by atoms with E-state index in [2.05, 4.69) is 10.9 Å². The second-order valence-corrected chi connectivity index (χ2v) is 3.30. The van der Waals surface area contributed by atoms with Gasteiger partial charge < -0.3 is 10.6 Å². The molecule has 2 N–H and O–H groups in total. The van der Waals surface area contributed by atoms with Crippen molar-refractivity contribution in [1.29, 1.82) is 0 Å². The Labute approximate surface area is 76.2 Å². The Morgan fingerprint density at radius 3 is 3.00 bits per heavy atom. The van der Waals surface area contributed by atoms with Crippen molar-refractivity contribution in [2.45, 2.75) is 6.92 Å². The van der Waals surface area contributed by atoms with Crippen LogP contribution in [0.25, 0.3) is 0 Å². The lowest BCUT2D eigenvalue weighted by atomic mass is 10.5. The van der Waals surface area contributed by atoms with Gasteiger partial charge in [-0.1, -0.05) is 17.3 Å². The van der Waals surface area contributed by atoms with Crippen LogP contribution in [0.5, 0.6) is 0 Å². The zero-order chi connectivity index (χ0) is 8.97. The SMILES string of the molecule is C#CCN(CC)c1ncc(N)s1. The maximum Gasteiger partial charge on any atom is 0.188 e. The normalized spacial score (nSPS) is 9.33. The molecule has 0 aliphatic carbocycles. The molecule has 1 rings (SSSR count). The highest BCUT2D eigenvalue weighted by Crippen LogP contribution is 2.23. The van der Waals surface area contributed by atoms with Crippen LogP contribution in [-0.2, 0) is 0 Å². The second kappa shape index (κ2) is 3.98. The summed E-state index contributed by atoms with van der Waals surface area (Å²) in [6, 6.07) is 0. The van der Waals surface area contributed by atoms with Gasteiger partial charge in [0.1, 0.15) is 5.00 Å². The van der Waals surface area contributed by atoms with E-state index in [4.69, 9.17) is 12.2 Å². The molecule has 4 heteroatoms. The third-order valence-electron chi connectivity index (χ3n) is 1.45. The smallest absolute Gasteiger partial charge is 0.188 e. The predicted octanol–water partition coefficient (Wildman–Crippen LogP) is 1.18. The molecule has 1 aromatic rings. The van der Waals surface area contributed by atoms with Crippen LogP contribution < -0.4 is 10.6 Å². The van der Waals surface area contributed by atoms with Gasteiger partial charge in [-0.3, -0.25) is 0 Å². The minimum absolute atomic E-state index is 0.587. The molecule has 0 fully saturated rings. The molecule has 1 aromatic heterocycles. The van der Waals surface area contributed by atoms with Gasteiger partial charge >= 0.3 is 0 Å². The Morgan fingerprint density at radius 2 is 2.58 bits per heavy atom. The molecule has 0 amide bonds. The summed E-state index contributed by atoms with van der Waals surface area (Å²) < 4.78 is 0. The first kappa shape index (κ1) is 8.88. The number of thiazole rings is 1. The van der Waals surface area contributed by atoms with Crippen molar-refractivity contribution in [3.63, 3.8) is 0 Å². The Hall–Kier alpha value is -1.21. The molecule has 0 saturated carbocycles. The fraction of sp³-hybridized carbons (Fsp3) is 0.375. The number of nitrogens with two attached hydrogens (primary N) is 1. The molecule has 3 nitrogen and oxygen atoms in total. The molecule has 12 heavy (non-hydrogen) atoms. The van der Waals surface area contributed by atoms with Gasteiger partial charge in [0.2, 0.25) is 0 Å². The van der Waals surface area contributed by atoms with E-state index in [9.17, 15) is 0 Å². The molecule has 0 aliphatic heterocycles. The third-order valence-corrected chi connectivity index (χ3v) is 2.33. The van der Waals surface area contributed by atoms with Crippen molar-refractivity contribution in [3.8, 4) is 12.3 Å². The number of hydrogen-bond donors (Lipinski definition) is 1. The summed E-state index contributed by atoms with van der Waals surface area (Å²) in [7, 11) is 0. The Bertz CT molecular complexity index is 287. The first-order chi connectivity index (χ1) is 5.77. The molecule has 0 bridgehead atoms. The molecule has 1 heterocycles. The summed E-state index contributed by atoms with van der Waals surface area (Å²) in [6.07, 6.45) is 6.86.